The van der Waals surface area contributed by atoms with Crippen LogP contribution >= 0.6 is 7.82 Å². The number of hydrogen-bond acceptors (Lipinski definition) is 9. The highest BCUT2D eigenvalue weighted by Gasteiger charge is 2.28. The number of phosphoric ester groups is 1. The molecule has 0 amide bonds. The maximum Gasteiger partial charge on any atom is 0.472 e. The standard InChI is InChI=1S/C47H80NO10P/c1-3-5-7-9-11-13-15-17-18-19-20-21-22-23-24-25-27-28-30-32-34-36-38-45(49)55-40-43(41-56-59(53,54)57-42-44(48)47(51)52)58-46(50)39-37-35-33-31-29-26-16-14-12-10-8-6-4-2/h6,8,10-14,16-18,20-21,43-44H,3-5,7,9,15,19,22-42,48H2,1-2H3,(H,51,52)(H,53,54)/b8-6+,12-10+,13-11+,16-14+,18-17+,21-20+/t43?,44-/m1/s1. The molecule has 0 aromatic carbocycles. The van der Waals surface area contributed by atoms with Crippen LogP contribution in [-0.4, -0.2) is 59.9 Å². The smallest absolute Gasteiger partial charge is 0.472 e. The van der Waals surface area contributed by atoms with Crippen molar-refractivity contribution in [2.24, 2.45) is 5.73 Å². The summed E-state index contributed by atoms with van der Waals surface area (Å²) in [6, 6.07) is -1.53. The third-order valence-corrected chi connectivity index (χ3v) is 10.2. The Hall–Kier alpha value is -3.08. The lowest BCUT2D eigenvalue weighted by atomic mass is 10.1. The Morgan fingerprint density at radius 3 is 1.56 bits per heavy atom. The van der Waals surface area contributed by atoms with Gasteiger partial charge in [-0.3, -0.25) is 23.4 Å². The Morgan fingerprint density at radius 2 is 1.02 bits per heavy atom. The van der Waals surface area contributed by atoms with Gasteiger partial charge in [-0.05, 0) is 70.6 Å². The van der Waals surface area contributed by atoms with Gasteiger partial charge in [0.2, 0.25) is 0 Å². The third kappa shape index (κ3) is 41.4. The summed E-state index contributed by atoms with van der Waals surface area (Å²) in [5, 5.41) is 8.89. The lowest BCUT2D eigenvalue weighted by Crippen LogP contribution is -2.34. The number of unbranched alkanes of at least 4 members (excludes halogenated alkanes) is 17. The lowest BCUT2D eigenvalue weighted by molar-refractivity contribution is -0.161. The Morgan fingerprint density at radius 1 is 0.559 bits per heavy atom. The van der Waals surface area contributed by atoms with Gasteiger partial charge in [-0.2, -0.15) is 0 Å². The fourth-order valence-electron chi connectivity index (χ4n) is 5.72. The Labute approximate surface area is 357 Å². The monoisotopic (exact) mass is 850 g/mol. The van der Waals surface area contributed by atoms with Crippen molar-refractivity contribution in [2.75, 3.05) is 19.8 Å². The number of nitrogens with two attached hydrogens (primary N) is 1. The zero-order valence-corrected chi connectivity index (χ0v) is 37.5. The van der Waals surface area contributed by atoms with E-state index in [-0.39, 0.29) is 19.4 Å². The van der Waals surface area contributed by atoms with Crippen molar-refractivity contribution < 1.29 is 47.5 Å². The van der Waals surface area contributed by atoms with Crippen LogP contribution in [0.4, 0.5) is 0 Å². The number of hydrogen-bond donors (Lipinski definition) is 3. The number of aliphatic carboxylic acids is 1. The molecule has 4 N–H and O–H groups in total. The molecule has 0 aliphatic heterocycles. The molecular formula is C47H80NO10P. The van der Waals surface area contributed by atoms with Gasteiger partial charge in [0.1, 0.15) is 12.6 Å². The largest absolute Gasteiger partial charge is 0.480 e. The van der Waals surface area contributed by atoms with Crippen LogP contribution in [0.2, 0.25) is 0 Å². The molecule has 2 unspecified atom stereocenters. The first-order chi connectivity index (χ1) is 28.6. The van der Waals surface area contributed by atoms with Crippen molar-refractivity contribution in [1.82, 2.24) is 0 Å². The summed E-state index contributed by atoms with van der Waals surface area (Å²) in [7, 11) is -4.73. The van der Waals surface area contributed by atoms with Gasteiger partial charge in [0.15, 0.2) is 6.10 Å². The second-order valence-electron chi connectivity index (χ2n) is 14.9. The SMILES string of the molecule is CC/C=C/C=C/C=C/CCCCCCCC(=O)OC(COC(=O)CCCCCCCCCCC/C=C/C/C=C/C/C=C/CCCCC)COP(=O)(O)OC[C@@H](N)C(=O)O. The minimum Gasteiger partial charge on any atom is -0.480 e. The summed E-state index contributed by atoms with van der Waals surface area (Å²) in [5.41, 5.74) is 5.33. The number of carbonyl (C=O) groups excluding carboxylic acids is 2. The van der Waals surface area contributed by atoms with Crippen molar-refractivity contribution >= 4 is 25.7 Å². The fraction of sp³-hybridized carbons (Fsp3) is 0.681. The molecule has 0 fully saturated rings. The van der Waals surface area contributed by atoms with Crippen molar-refractivity contribution in [3.05, 3.63) is 72.9 Å². The van der Waals surface area contributed by atoms with Gasteiger partial charge in [-0.1, -0.05) is 164 Å². The van der Waals surface area contributed by atoms with E-state index in [1.54, 1.807) is 0 Å². The van der Waals surface area contributed by atoms with Crippen LogP contribution in [0.15, 0.2) is 72.9 Å². The molecule has 0 bridgehead atoms. The van der Waals surface area contributed by atoms with Gasteiger partial charge < -0.3 is 25.2 Å². The molecule has 3 atom stereocenters. The van der Waals surface area contributed by atoms with Crippen LogP contribution in [0.25, 0.3) is 0 Å². The maximum absolute atomic E-state index is 12.6. The molecule has 0 aromatic heterocycles. The second kappa shape index (κ2) is 41.6. The van der Waals surface area contributed by atoms with E-state index >= 15 is 0 Å². The zero-order valence-electron chi connectivity index (χ0n) is 36.6. The first-order valence-electron chi connectivity index (χ1n) is 22.5. The van der Waals surface area contributed by atoms with E-state index in [9.17, 15) is 23.8 Å². The summed E-state index contributed by atoms with van der Waals surface area (Å²) >= 11 is 0. The first kappa shape index (κ1) is 55.9. The van der Waals surface area contributed by atoms with Gasteiger partial charge in [0.25, 0.3) is 0 Å². The summed E-state index contributed by atoms with van der Waals surface area (Å²) in [6.45, 7) is 2.61. The predicted molar refractivity (Wildman–Crippen MR) is 240 cm³/mol. The van der Waals surface area contributed by atoms with Crippen molar-refractivity contribution in [3.8, 4) is 0 Å². The lowest BCUT2D eigenvalue weighted by Gasteiger charge is -2.20. The first-order valence-corrected chi connectivity index (χ1v) is 24.0. The molecule has 338 valence electrons. The summed E-state index contributed by atoms with van der Waals surface area (Å²) < 4.78 is 32.7. The summed E-state index contributed by atoms with van der Waals surface area (Å²) in [4.78, 5) is 46.0. The molecular weight excluding hydrogens is 769 g/mol. The Kier molecular flexibility index (Phi) is 39.5. The number of ether oxygens (including phenoxy) is 2. The van der Waals surface area contributed by atoms with Crippen molar-refractivity contribution in [2.45, 2.75) is 187 Å². The minimum absolute atomic E-state index is 0.133. The van der Waals surface area contributed by atoms with E-state index in [0.29, 0.717) is 12.8 Å². The number of esters is 2. The number of carbonyl (C=O) groups is 3. The van der Waals surface area contributed by atoms with Gasteiger partial charge in [0.05, 0.1) is 13.2 Å². The van der Waals surface area contributed by atoms with E-state index in [0.717, 1.165) is 77.0 Å². The number of phosphoric acid groups is 1. The van der Waals surface area contributed by atoms with Gasteiger partial charge >= 0.3 is 25.7 Å². The summed E-state index contributed by atoms with van der Waals surface area (Å²) in [5.74, 6) is -2.42. The maximum atomic E-state index is 12.6. The van der Waals surface area contributed by atoms with Gasteiger partial charge in [-0.25, -0.2) is 4.57 Å². The van der Waals surface area contributed by atoms with Crippen LogP contribution in [0.3, 0.4) is 0 Å². The van der Waals surface area contributed by atoms with E-state index in [1.807, 2.05) is 24.3 Å². The van der Waals surface area contributed by atoms with Gasteiger partial charge in [-0.15, -0.1) is 0 Å². The molecule has 0 saturated heterocycles. The van der Waals surface area contributed by atoms with Crippen LogP contribution < -0.4 is 5.73 Å². The van der Waals surface area contributed by atoms with E-state index in [1.165, 1.54) is 57.8 Å². The van der Waals surface area contributed by atoms with Crippen molar-refractivity contribution in [1.29, 1.82) is 0 Å². The average Bonchev–Trinajstić information content (AvgIpc) is 3.21. The number of rotatable bonds is 41. The molecule has 0 aromatic rings. The quantitative estimate of drug-likeness (QED) is 0.0176. The summed E-state index contributed by atoms with van der Waals surface area (Å²) in [6.07, 6.45) is 49.7. The van der Waals surface area contributed by atoms with Crippen LogP contribution in [0, 0.1) is 0 Å². The predicted octanol–water partition coefficient (Wildman–Crippen LogP) is 12.1. The number of carboxylic acids is 1. The zero-order chi connectivity index (χ0) is 43.5. The third-order valence-electron chi connectivity index (χ3n) is 9.25. The molecule has 11 nitrogen and oxygen atoms in total. The van der Waals surface area contributed by atoms with E-state index in [2.05, 4.69) is 67.0 Å². The molecule has 0 saturated carbocycles. The van der Waals surface area contributed by atoms with Gasteiger partial charge in [0, 0.05) is 12.8 Å². The molecule has 0 heterocycles. The number of allylic oxidation sites excluding steroid dienone is 12. The average molecular weight is 850 g/mol. The normalized spacial score (nSPS) is 14.4. The highest BCUT2D eigenvalue weighted by molar-refractivity contribution is 7.47. The second-order valence-corrected chi connectivity index (χ2v) is 16.3. The molecule has 0 radical (unpaired) electrons. The molecule has 0 spiro atoms. The molecule has 0 rings (SSSR count). The highest BCUT2D eigenvalue weighted by Crippen LogP contribution is 2.43. The fourth-order valence-corrected chi connectivity index (χ4v) is 6.50. The van der Waals surface area contributed by atoms with Crippen LogP contribution in [0.5, 0.6) is 0 Å². The topological polar surface area (TPSA) is 172 Å². The molecule has 59 heavy (non-hydrogen) atoms. The minimum atomic E-state index is -4.73. The van der Waals surface area contributed by atoms with Crippen LogP contribution in [-0.2, 0) is 37.5 Å². The van der Waals surface area contributed by atoms with E-state index < -0.39 is 51.1 Å². The molecule has 12 heteroatoms. The Bertz CT molecular complexity index is 1280. The molecule has 0 aliphatic rings. The number of carboxylic acid groups (broad SMARTS) is 1. The van der Waals surface area contributed by atoms with Crippen molar-refractivity contribution in [3.63, 3.8) is 0 Å². The van der Waals surface area contributed by atoms with E-state index in [4.69, 9.17) is 24.8 Å². The van der Waals surface area contributed by atoms with Crippen LogP contribution in [0.1, 0.15) is 174 Å². The highest BCUT2D eigenvalue weighted by atomic mass is 31.2. The molecule has 0 aliphatic carbocycles. The Balaban J connectivity index is 4.31.